The van der Waals surface area contributed by atoms with Crippen molar-refractivity contribution in [3.63, 3.8) is 0 Å². The second-order valence-electron chi connectivity index (χ2n) is 2.70. The molecular formula is C8H18NNaO2. The number of nitrogens with two attached hydrogens (primary N) is 1. The van der Waals surface area contributed by atoms with Gasteiger partial charge in [0.1, 0.15) is 0 Å². The van der Waals surface area contributed by atoms with Crippen LogP contribution < -0.4 is 5.73 Å². The van der Waals surface area contributed by atoms with Gasteiger partial charge in [-0.2, -0.15) is 0 Å². The number of carbonyl (C=O) groups is 1. The van der Waals surface area contributed by atoms with Crippen LogP contribution in [0.15, 0.2) is 0 Å². The van der Waals surface area contributed by atoms with Crippen LogP contribution in [0, 0.1) is 0 Å². The van der Waals surface area contributed by atoms with Crippen molar-refractivity contribution in [1.82, 2.24) is 0 Å². The van der Waals surface area contributed by atoms with Gasteiger partial charge in [0, 0.05) is 6.42 Å². The summed E-state index contributed by atoms with van der Waals surface area (Å²) in [4.78, 5) is 10.1. The van der Waals surface area contributed by atoms with E-state index in [1.807, 2.05) is 0 Å². The summed E-state index contributed by atoms with van der Waals surface area (Å²) in [5, 5.41) is 8.30. The first kappa shape index (κ1) is 14.9. The van der Waals surface area contributed by atoms with Crippen molar-refractivity contribution in [2.24, 2.45) is 5.73 Å². The molecule has 0 fully saturated rings. The van der Waals surface area contributed by atoms with Crippen molar-refractivity contribution in [2.45, 2.75) is 38.5 Å². The van der Waals surface area contributed by atoms with Crippen LogP contribution in [0.5, 0.6) is 0 Å². The molecular weight excluding hydrogens is 165 g/mol. The number of hydrogen-bond acceptors (Lipinski definition) is 2. The predicted molar refractivity (Wildman–Crippen MR) is 51.5 cm³/mol. The molecule has 0 rings (SSSR count). The SMILES string of the molecule is NCCCCCCCC(=O)O.[NaH]. The molecule has 0 radical (unpaired) electrons. The summed E-state index contributed by atoms with van der Waals surface area (Å²) in [6.45, 7) is 0.749. The molecule has 4 heteroatoms. The predicted octanol–water partition coefficient (Wildman–Crippen LogP) is 0.722. The molecule has 0 aromatic carbocycles. The number of carboxylic acid groups (broad SMARTS) is 1. The molecule has 0 atom stereocenters. The fraction of sp³-hybridized carbons (Fsp3) is 0.875. The molecule has 0 saturated heterocycles. The summed E-state index contributed by atoms with van der Waals surface area (Å²) in [6, 6.07) is 0. The molecule has 0 saturated carbocycles. The van der Waals surface area contributed by atoms with E-state index in [4.69, 9.17) is 10.8 Å². The Balaban J connectivity index is 0. The summed E-state index contributed by atoms with van der Waals surface area (Å²) in [7, 11) is 0. The number of unbranched alkanes of at least 4 members (excludes halogenated alkanes) is 4. The zero-order chi connectivity index (χ0) is 8.53. The molecule has 3 N–H and O–H groups in total. The van der Waals surface area contributed by atoms with Crippen molar-refractivity contribution in [3.05, 3.63) is 0 Å². The fourth-order valence-electron chi connectivity index (χ4n) is 0.951. The number of aliphatic carboxylic acids is 1. The van der Waals surface area contributed by atoms with Gasteiger partial charge in [0.25, 0.3) is 0 Å². The molecule has 68 valence electrons. The van der Waals surface area contributed by atoms with Crippen LogP contribution in [0.25, 0.3) is 0 Å². The first-order chi connectivity index (χ1) is 5.27. The molecule has 0 aliphatic rings. The van der Waals surface area contributed by atoms with Crippen LogP contribution in [0.3, 0.4) is 0 Å². The zero-order valence-corrected chi connectivity index (χ0v) is 6.88. The van der Waals surface area contributed by atoms with Gasteiger partial charge in [-0.15, -0.1) is 0 Å². The Morgan fingerprint density at radius 2 is 1.58 bits per heavy atom. The molecule has 0 heterocycles. The van der Waals surface area contributed by atoms with E-state index >= 15 is 0 Å². The van der Waals surface area contributed by atoms with Gasteiger partial charge in [0.15, 0.2) is 0 Å². The Hall–Kier alpha value is 0.430. The average Bonchev–Trinajstić information content (AvgIpc) is 1.96. The van der Waals surface area contributed by atoms with Crippen molar-refractivity contribution in [3.8, 4) is 0 Å². The average molecular weight is 183 g/mol. The van der Waals surface area contributed by atoms with Crippen LogP contribution in [-0.2, 0) is 4.79 Å². The van der Waals surface area contributed by atoms with Crippen LogP contribution in [-0.4, -0.2) is 47.2 Å². The van der Waals surface area contributed by atoms with Gasteiger partial charge in [-0.05, 0) is 19.4 Å². The van der Waals surface area contributed by atoms with Crippen molar-refractivity contribution in [2.75, 3.05) is 6.54 Å². The topological polar surface area (TPSA) is 63.3 Å². The van der Waals surface area contributed by atoms with E-state index in [-0.39, 0.29) is 29.6 Å². The van der Waals surface area contributed by atoms with E-state index in [9.17, 15) is 4.79 Å². The van der Waals surface area contributed by atoms with Crippen molar-refractivity contribution < 1.29 is 9.90 Å². The normalized spacial score (nSPS) is 9.08. The molecule has 0 amide bonds. The van der Waals surface area contributed by atoms with E-state index in [1.165, 1.54) is 0 Å². The minimum atomic E-state index is -0.691. The van der Waals surface area contributed by atoms with E-state index in [0.717, 1.165) is 38.6 Å². The summed E-state index contributed by atoms with van der Waals surface area (Å²) in [6.07, 6.45) is 5.45. The summed E-state index contributed by atoms with van der Waals surface area (Å²) in [5.74, 6) is -0.691. The van der Waals surface area contributed by atoms with Gasteiger partial charge in [0.05, 0.1) is 0 Å². The Morgan fingerprint density at radius 1 is 1.08 bits per heavy atom. The molecule has 0 aromatic rings. The van der Waals surface area contributed by atoms with Crippen molar-refractivity contribution in [1.29, 1.82) is 0 Å². The zero-order valence-electron chi connectivity index (χ0n) is 6.88. The first-order valence-corrected chi connectivity index (χ1v) is 4.19. The molecule has 0 spiro atoms. The van der Waals surface area contributed by atoms with E-state index in [1.54, 1.807) is 0 Å². The molecule has 0 aliphatic heterocycles. The third-order valence-electron chi connectivity index (χ3n) is 1.59. The molecule has 0 aliphatic carbocycles. The maximum absolute atomic E-state index is 10.1. The van der Waals surface area contributed by atoms with Crippen LogP contribution in [0.1, 0.15) is 38.5 Å². The number of carboxylic acids is 1. The molecule has 12 heavy (non-hydrogen) atoms. The molecule has 0 unspecified atom stereocenters. The van der Waals surface area contributed by atoms with E-state index in [0.29, 0.717) is 6.42 Å². The standard InChI is InChI=1S/C8H17NO2.Na.H/c9-7-5-3-1-2-4-6-8(10)11;;/h1-7,9H2,(H,10,11);;. The van der Waals surface area contributed by atoms with Gasteiger partial charge >= 0.3 is 35.5 Å². The van der Waals surface area contributed by atoms with Gasteiger partial charge < -0.3 is 10.8 Å². The van der Waals surface area contributed by atoms with Gasteiger partial charge in [0.2, 0.25) is 0 Å². The first-order valence-electron chi connectivity index (χ1n) is 4.19. The summed E-state index contributed by atoms with van der Waals surface area (Å²) < 4.78 is 0. The van der Waals surface area contributed by atoms with Gasteiger partial charge in [-0.3, -0.25) is 4.79 Å². The van der Waals surface area contributed by atoms with Crippen molar-refractivity contribution >= 4 is 35.5 Å². The number of hydrogen-bond donors (Lipinski definition) is 2. The van der Waals surface area contributed by atoms with Crippen LogP contribution in [0.4, 0.5) is 0 Å². The second kappa shape index (κ2) is 11.4. The Bertz CT molecular complexity index is 109. The van der Waals surface area contributed by atoms with Gasteiger partial charge in [-0.1, -0.05) is 19.3 Å². The Kier molecular flexibility index (Phi) is 14.2. The quantitative estimate of drug-likeness (QED) is 0.451. The van der Waals surface area contributed by atoms with E-state index < -0.39 is 5.97 Å². The van der Waals surface area contributed by atoms with Crippen LogP contribution in [0.2, 0.25) is 0 Å². The minimum absolute atomic E-state index is 0. The molecule has 3 nitrogen and oxygen atoms in total. The molecule has 0 bridgehead atoms. The fourth-order valence-corrected chi connectivity index (χ4v) is 0.951. The Morgan fingerprint density at radius 3 is 2.08 bits per heavy atom. The third kappa shape index (κ3) is 13.1. The third-order valence-corrected chi connectivity index (χ3v) is 1.59. The summed E-state index contributed by atoms with van der Waals surface area (Å²) >= 11 is 0. The summed E-state index contributed by atoms with van der Waals surface area (Å²) in [5.41, 5.74) is 5.30. The Labute approximate surface area is 96.0 Å². The molecule has 0 aromatic heterocycles. The maximum atomic E-state index is 10.1. The van der Waals surface area contributed by atoms with Crippen LogP contribution >= 0.6 is 0 Å². The van der Waals surface area contributed by atoms with Gasteiger partial charge in [-0.25, -0.2) is 0 Å². The second-order valence-corrected chi connectivity index (χ2v) is 2.70. The number of rotatable bonds is 7. The van der Waals surface area contributed by atoms with E-state index in [2.05, 4.69) is 0 Å². The monoisotopic (exact) mass is 183 g/mol.